The van der Waals surface area contributed by atoms with Gasteiger partial charge in [-0.1, -0.05) is 37.3 Å². The lowest BCUT2D eigenvalue weighted by Gasteiger charge is -2.31. The molecule has 7 amide bonds. The molecule has 0 bridgehead atoms. The highest BCUT2D eigenvalue weighted by Gasteiger charge is 2.45. The van der Waals surface area contributed by atoms with Crippen molar-refractivity contribution in [3.63, 3.8) is 0 Å². The smallest absolute Gasteiger partial charge is 0.343 e. The van der Waals surface area contributed by atoms with Crippen LogP contribution in [0.1, 0.15) is 53.1 Å². The van der Waals surface area contributed by atoms with Gasteiger partial charge in [0, 0.05) is 59.8 Å². The number of imide groups is 1. The fourth-order valence-corrected chi connectivity index (χ4v) is 10.3. The first-order chi connectivity index (χ1) is 40.3. The monoisotopic (exact) mass is 1180 g/mol. The van der Waals surface area contributed by atoms with Crippen molar-refractivity contribution in [2.24, 2.45) is 0 Å². The molecular formula is C56H57FN10O16S. The van der Waals surface area contributed by atoms with Gasteiger partial charge in [0.25, 0.3) is 17.4 Å². The molecule has 7 N–H and O–H groups in total. The van der Waals surface area contributed by atoms with Crippen LogP contribution in [0.25, 0.3) is 22.3 Å². The maximum Gasteiger partial charge on any atom is 0.343 e. The number of cyclic esters (lactones) is 1. The Morgan fingerprint density at radius 2 is 1.48 bits per heavy atom. The molecule has 26 nitrogen and oxygen atoms in total. The Kier molecular flexibility index (Phi) is 19.8. The van der Waals surface area contributed by atoms with Crippen LogP contribution in [0, 0.1) is 17.1 Å². The summed E-state index contributed by atoms with van der Waals surface area (Å²) in [7, 11) is -4.35. The molecule has 3 aromatic carbocycles. The van der Waals surface area contributed by atoms with Crippen LogP contribution in [-0.4, -0.2) is 147 Å². The van der Waals surface area contributed by atoms with E-state index < -0.39 is 101 Å². The van der Waals surface area contributed by atoms with Crippen LogP contribution in [0.5, 0.6) is 0 Å². The van der Waals surface area contributed by atoms with Gasteiger partial charge in [-0.25, -0.2) is 27.3 Å². The molecular weight excluding hydrogens is 1120 g/mol. The Balaban J connectivity index is 0.790. The fourth-order valence-electron chi connectivity index (χ4n) is 9.26. The Bertz CT molecular complexity index is 3650. The number of sulfonamides is 1. The van der Waals surface area contributed by atoms with Gasteiger partial charge in [0.1, 0.15) is 24.5 Å². The summed E-state index contributed by atoms with van der Waals surface area (Å²) in [6.45, 7) is 0.189. The first-order valence-corrected chi connectivity index (χ1v) is 27.8. The minimum Gasteiger partial charge on any atom is -0.458 e. The minimum atomic E-state index is -4.35. The van der Waals surface area contributed by atoms with Crippen LogP contribution in [0.2, 0.25) is 0 Å². The van der Waals surface area contributed by atoms with E-state index in [-0.39, 0.29) is 139 Å². The van der Waals surface area contributed by atoms with Crippen molar-refractivity contribution < 1.29 is 75.2 Å². The van der Waals surface area contributed by atoms with Gasteiger partial charge in [-0.2, -0.15) is 5.26 Å². The number of nitriles is 1. The average Bonchev–Trinajstić information content (AvgIpc) is 1.99. The molecule has 5 aromatic rings. The number of fused-ring (bicyclic) bond motifs is 5. The number of aliphatic hydroxyl groups is 1. The molecule has 3 aliphatic heterocycles. The van der Waals surface area contributed by atoms with Crippen molar-refractivity contribution in [2.75, 3.05) is 71.1 Å². The van der Waals surface area contributed by atoms with Crippen molar-refractivity contribution in [2.45, 2.75) is 62.4 Å². The fraction of sp³-hybridized carbons (Fsp3) is 0.339. The lowest BCUT2D eigenvalue weighted by atomic mass is 9.86. The molecule has 0 fully saturated rings. The minimum absolute atomic E-state index is 0.000122. The Labute approximate surface area is 478 Å². The molecule has 84 heavy (non-hydrogen) atoms. The summed E-state index contributed by atoms with van der Waals surface area (Å²) in [5.74, 6) is -6.01. The van der Waals surface area contributed by atoms with Gasteiger partial charge in [0.05, 0.1) is 105 Å². The highest BCUT2D eigenvalue weighted by Crippen LogP contribution is 2.40. The van der Waals surface area contributed by atoms with Crippen LogP contribution in [0.3, 0.4) is 0 Å². The van der Waals surface area contributed by atoms with Crippen LogP contribution in [-0.2, 0) is 99.0 Å². The van der Waals surface area contributed by atoms with Crippen molar-refractivity contribution in [1.29, 1.82) is 5.26 Å². The predicted octanol–water partition coefficient (Wildman–Crippen LogP) is -0.0516. The number of benzene rings is 3. The van der Waals surface area contributed by atoms with Crippen LogP contribution >= 0.6 is 0 Å². The third kappa shape index (κ3) is 14.6. The lowest BCUT2D eigenvalue weighted by molar-refractivity contribution is -0.172. The molecule has 440 valence electrons. The Morgan fingerprint density at radius 1 is 0.821 bits per heavy atom. The van der Waals surface area contributed by atoms with Crippen LogP contribution in [0.4, 0.5) is 10.1 Å². The Hall–Kier alpha value is -9.11. The second kappa shape index (κ2) is 27.3. The van der Waals surface area contributed by atoms with E-state index in [1.165, 1.54) is 53.1 Å². The molecule has 2 aromatic heterocycles. The zero-order valence-electron chi connectivity index (χ0n) is 45.1. The molecule has 0 radical (unpaired) electrons. The molecule has 5 heterocycles. The van der Waals surface area contributed by atoms with Crippen molar-refractivity contribution in [1.82, 2.24) is 40.4 Å². The largest absolute Gasteiger partial charge is 0.458 e. The second-order valence-electron chi connectivity index (χ2n) is 19.2. The molecule has 2 atom stereocenters. The number of aromatic nitrogens is 2. The van der Waals surface area contributed by atoms with E-state index in [9.17, 15) is 61.9 Å². The van der Waals surface area contributed by atoms with Gasteiger partial charge in [-0.15, -0.1) is 0 Å². The first kappa shape index (κ1) is 61.0. The number of nitrogens with one attached hydrogen (secondary N) is 6. The van der Waals surface area contributed by atoms with E-state index >= 15 is 4.39 Å². The summed E-state index contributed by atoms with van der Waals surface area (Å²) >= 11 is 0. The number of hydrogen-bond donors (Lipinski definition) is 7. The van der Waals surface area contributed by atoms with Gasteiger partial charge < -0.3 is 55.2 Å². The first-order valence-electron chi connectivity index (χ1n) is 26.3. The quantitative estimate of drug-likeness (QED) is 0.0192. The average molecular weight is 1180 g/mol. The van der Waals surface area contributed by atoms with Crippen LogP contribution in [0.15, 0.2) is 94.6 Å². The molecule has 0 spiro atoms. The lowest BCUT2D eigenvalue weighted by Crippen LogP contribution is -2.52. The summed E-state index contributed by atoms with van der Waals surface area (Å²) in [6, 6.07) is 17.9. The van der Waals surface area contributed by atoms with E-state index in [0.717, 1.165) is 11.0 Å². The second-order valence-corrected chi connectivity index (χ2v) is 21.0. The number of rotatable bonds is 28. The maximum atomic E-state index is 15.1. The van der Waals surface area contributed by atoms with E-state index in [0.29, 0.717) is 11.1 Å². The molecule has 1 unspecified atom stereocenters. The number of pyridine rings is 2. The normalized spacial score (nSPS) is 15.4. The summed E-state index contributed by atoms with van der Waals surface area (Å²) in [5, 5.41) is 33.6. The summed E-state index contributed by atoms with van der Waals surface area (Å²) in [4.78, 5) is 119. The standard InChI is InChI=1S/C56H57FN10O16S/c1-2-56(77)41-24-45-52-39(31-67(45)54(75)40(41)32-83-55(56)76)38(37-23-34(26-58)42(57)25-43(37)65-52)27-62-84(78,79)36-10-8-35(9-11-36)63-48(70)30-61-53(74)44(22-33-6-4-3-5-7-33)64-49(71)29-60-47(69)28-59-46(68)14-16-80-18-20-82-21-19-81-17-15-66-50(72)12-13-51(66)73/h3-13,23-25,44,62,77H,2,14-22,27-32H2,1H3,(H,59,68)(H,60,69)(H,61,74)(H,63,70)(H,64,71)/t44?,56-/m0/s1. The number of ether oxygens (including phenoxy) is 4. The van der Waals surface area contributed by atoms with E-state index in [4.69, 9.17) is 18.9 Å². The topological polar surface area (TPSA) is 362 Å². The zero-order chi connectivity index (χ0) is 60.1. The number of carbonyl (C=O) groups is 8. The van der Waals surface area contributed by atoms with E-state index in [1.807, 2.05) is 0 Å². The SMILES string of the molecule is CC[C@@]1(O)C(=O)OCc2c1cc1n(c2=O)Cc2c-1nc1cc(F)c(C#N)cc1c2CNS(=O)(=O)c1ccc(NC(=O)CNC(=O)C(Cc2ccccc2)NC(=O)CNC(=O)CNC(=O)CCOCCOCCOCCN2C(=O)C=CC2=O)cc1. The van der Waals surface area contributed by atoms with Crippen molar-refractivity contribution in [3.8, 4) is 17.5 Å². The molecule has 28 heteroatoms. The third-order valence-electron chi connectivity index (χ3n) is 13.7. The molecule has 0 saturated heterocycles. The van der Waals surface area contributed by atoms with Gasteiger partial charge in [-0.05, 0) is 53.9 Å². The highest BCUT2D eigenvalue weighted by molar-refractivity contribution is 7.89. The number of carbonyl (C=O) groups excluding carboxylic acids is 8. The number of hydrogen-bond acceptors (Lipinski definition) is 18. The van der Waals surface area contributed by atoms with Gasteiger partial charge in [-0.3, -0.25) is 43.3 Å². The van der Waals surface area contributed by atoms with Gasteiger partial charge >= 0.3 is 5.97 Å². The molecule has 0 saturated carbocycles. The maximum absolute atomic E-state index is 15.1. The van der Waals surface area contributed by atoms with E-state index in [2.05, 4.69) is 36.3 Å². The van der Waals surface area contributed by atoms with Crippen molar-refractivity contribution in [3.05, 3.63) is 135 Å². The number of esters is 1. The zero-order valence-corrected chi connectivity index (χ0v) is 45.9. The molecule has 3 aliphatic rings. The van der Waals surface area contributed by atoms with Gasteiger partial charge in [0.15, 0.2) is 5.60 Å². The number of nitrogens with zero attached hydrogens (tertiary/aromatic N) is 4. The van der Waals surface area contributed by atoms with Gasteiger partial charge in [0.2, 0.25) is 39.6 Å². The summed E-state index contributed by atoms with van der Waals surface area (Å²) in [5.41, 5.74) is -1.16. The molecule has 0 aliphatic carbocycles. The summed E-state index contributed by atoms with van der Waals surface area (Å²) < 4.78 is 67.9. The molecule has 8 rings (SSSR count). The summed E-state index contributed by atoms with van der Waals surface area (Å²) in [6.07, 6.45) is 2.20. The van der Waals surface area contributed by atoms with Crippen LogP contribution < -0.4 is 36.9 Å². The predicted molar refractivity (Wildman–Crippen MR) is 292 cm³/mol. The number of anilines is 1. The number of amides is 7. The number of halogens is 1. The van der Waals surface area contributed by atoms with Crippen molar-refractivity contribution >= 4 is 73.9 Å². The highest BCUT2D eigenvalue weighted by atomic mass is 32.2. The third-order valence-corrected chi connectivity index (χ3v) is 15.1. The van der Waals surface area contributed by atoms with E-state index in [1.54, 1.807) is 43.3 Å². The Morgan fingerprint density at radius 3 is 2.17 bits per heavy atom.